The molecule has 0 heterocycles. The van der Waals surface area contributed by atoms with Crippen LogP contribution in [0.25, 0.3) is 0 Å². The Morgan fingerprint density at radius 2 is 1.65 bits per heavy atom. The van der Waals surface area contributed by atoms with Crippen molar-refractivity contribution in [1.29, 1.82) is 0 Å². The zero-order valence-corrected chi connectivity index (χ0v) is 15.2. The second kappa shape index (κ2) is 6.96. The lowest BCUT2D eigenvalue weighted by atomic mass is 9.89. The molecule has 0 aromatic rings. The second-order valence-corrected chi connectivity index (χ2v) is 12.9. The van der Waals surface area contributed by atoms with E-state index < -0.39 is 13.7 Å². The fraction of sp³-hybridized carbons (Fsp3) is 0.778. The molecule has 0 fully saturated rings. The monoisotopic (exact) mass is 292 g/mol. The van der Waals surface area contributed by atoms with Crippen molar-refractivity contribution in [2.45, 2.75) is 89.5 Å². The van der Waals surface area contributed by atoms with Crippen molar-refractivity contribution in [3.63, 3.8) is 0 Å². The summed E-state index contributed by atoms with van der Waals surface area (Å²) in [6.07, 6.45) is 7.70. The summed E-state index contributed by atoms with van der Waals surface area (Å²) >= 11 is 0. The van der Waals surface area contributed by atoms with Crippen molar-refractivity contribution in [2.75, 3.05) is 0 Å². The molecule has 0 amide bonds. The summed E-state index contributed by atoms with van der Waals surface area (Å²) in [5.74, 6) is 3.39. The number of allylic oxidation sites excluding steroid dienone is 1. The van der Waals surface area contributed by atoms with Crippen LogP contribution in [0, 0.1) is 11.5 Å². The highest BCUT2D eigenvalue weighted by Gasteiger charge is 2.41. The standard InChI is InChI=1S/C18H32OSi/c1-15(2)20(16(3)4,17(5)6)14-10-13-18(19)11-8-7-9-12-18/h8,11,15-17,19H,7,9,12-13H2,1-6H3. The highest BCUT2D eigenvalue weighted by Crippen LogP contribution is 2.40. The Morgan fingerprint density at radius 1 is 1.10 bits per heavy atom. The average Bonchev–Trinajstić information content (AvgIpc) is 2.34. The van der Waals surface area contributed by atoms with Crippen LogP contribution in [0.5, 0.6) is 0 Å². The Hall–Kier alpha value is -0.523. The second-order valence-electron chi connectivity index (χ2n) is 7.27. The minimum absolute atomic E-state index is 0.602. The molecular weight excluding hydrogens is 260 g/mol. The minimum Gasteiger partial charge on any atom is -0.385 e. The molecule has 0 aliphatic heterocycles. The first-order valence-corrected chi connectivity index (χ1v) is 10.4. The number of hydrogen-bond acceptors (Lipinski definition) is 1. The van der Waals surface area contributed by atoms with Gasteiger partial charge >= 0.3 is 0 Å². The molecule has 1 rings (SSSR count). The lowest BCUT2D eigenvalue weighted by Crippen LogP contribution is -2.43. The van der Waals surface area contributed by atoms with Crippen molar-refractivity contribution in [1.82, 2.24) is 0 Å². The van der Waals surface area contributed by atoms with Crippen molar-refractivity contribution in [2.24, 2.45) is 0 Å². The molecule has 1 atom stereocenters. The first kappa shape index (κ1) is 17.5. The van der Waals surface area contributed by atoms with Gasteiger partial charge in [0.1, 0.15) is 8.07 Å². The van der Waals surface area contributed by atoms with E-state index in [1.807, 2.05) is 6.08 Å². The Kier molecular flexibility index (Phi) is 6.10. The Morgan fingerprint density at radius 3 is 2.05 bits per heavy atom. The van der Waals surface area contributed by atoms with E-state index in [-0.39, 0.29) is 0 Å². The third-order valence-electron chi connectivity index (χ3n) is 4.97. The van der Waals surface area contributed by atoms with Gasteiger partial charge in [0.05, 0.1) is 5.60 Å². The normalized spacial score (nSPS) is 23.3. The van der Waals surface area contributed by atoms with Crippen LogP contribution in [0.15, 0.2) is 12.2 Å². The van der Waals surface area contributed by atoms with E-state index in [4.69, 9.17) is 0 Å². The smallest absolute Gasteiger partial charge is 0.145 e. The van der Waals surface area contributed by atoms with Crippen LogP contribution in [0.4, 0.5) is 0 Å². The molecule has 1 aliphatic rings. The fourth-order valence-corrected chi connectivity index (χ4v) is 9.10. The van der Waals surface area contributed by atoms with Crippen LogP contribution in [0.2, 0.25) is 16.6 Å². The number of rotatable bonds is 4. The van der Waals surface area contributed by atoms with Gasteiger partial charge in [0.2, 0.25) is 0 Å². The number of aliphatic hydroxyl groups is 1. The molecule has 1 nitrogen and oxygen atoms in total. The van der Waals surface area contributed by atoms with Gasteiger partial charge in [0.15, 0.2) is 0 Å². The molecule has 0 saturated carbocycles. The predicted octanol–water partition coefficient (Wildman–Crippen LogP) is 5.07. The SMILES string of the molecule is CC(C)[Si](C#CCC1(O)C=CCCC1)(C(C)C)C(C)C. The summed E-state index contributed by atoms with van der Waals surface area (Å²) in [6, 6.07) is 0. The largest absolute Gasteiger partial charge is 0.385 e. The summed E-state index contributed by atoms with van der Waals surface area (Å²) in [5.41, 5.74) is 5.01. The molecule has 0 aromatic heterocycles. The quantitative estimate of drug-likeness (QED) is 0.436. The van der Waals surface area contributed by atoms with Crippen molar-refractivity contribution in [3.8, 4) is 11.5 Å². The zero-order chi connectivity index (χ0) is 15.4. The maximum absolute atomic E-state index is 10.5. The van der Waals surface area contributed by atoms with Crippen molar-refractivity contribution < 1.29 is 5.11 Å². The maximum Gasteiger partial charge on any atom is 0.145 e. The average molecular weight is 293 g/mol. The van der Waals surface area contributed by atoms with Crippen LogP contribution in [0.1, 0.15) is 67.2 Å². The first-order valence-electron chi connectivity index (χ1n) is 8.14. The summed E-state index contributed by atoms with van der Waals surface area (Å²) in [7, 11) is -1.64. The van der Waals surface area contributed by atoms with E-state index in [1.54, 1.807) is 0 Å². The molecule has 114 valence electrons. The molecule has 0 radical (unpaired) electrons. The molecule has 0 aromatic carbocycles. The Balaban J connectivity index is 2.94. The van der Waals surface area contributed by atoms with Crippen molar-refractivity contribution in [3.05, 3.63) is 12.2 Å². The van der Waals surface area contributed by atoms with Gasteiger partial charge in [0, 0.05) is 6.42 Å². The summed E-state index contributed by atoms with van der Waals surface area (Å²) < 4.78 is 0. The molecular formula is C18H32OSi. The first-order chi connectivity index (χ1) is 9.24. The van der Waals surface area contributed by atoms with Gasteiger partial charge < -0.3 is 5.11 Å². The van der Waals surface area contributed by atoms with E-state index in [0.29, 0.717) is 23.0 Å². The molecule has 1 aliphatic carbocycles. The van der Waals surface area contributed by atoms with Gasteiger partial charge in [-0.1, -0.05) is 53.7 Å². The van der Waals surface area contributed by atoms with Gasteiger partial charge in [0.25, 0.3) is 0 Å². The van der Waals surface area contributed by atoms with Gasteiger partial charge in [-0.3, -0.25) is 0 Å². The fourth-order valence-electron chi connectivity index (χ4n) is 3.84. The lowest BCUT2D eigenvalue weighted by Gasteiger charge is -2.38. The molecule has 2 heteroatoms. The molecule has 0 saturated heterocycles. The van der Waals surface area contributed by atoms with Gasteiger partial charge in [-0.05, 0) is 35.9 Å². The van der Waals surface area contributed by atoms with Gasteiger partial charge in [-0.25, -0.2) is 0 Å². The zero-order valence-electron chi connectivity index (χ0n) is 14.2. The summed E-state index contributed by atoms with van der Waals surface area (Å²) in [4.78, 5) is 0. The van der Waals surface area contributed by atoms with Crippen LogP contribution in [-0.2, 0) is 0 Å². The molecule has 1 unspecified atom stereocenters. The van der Waals surface area contributed by atoms with Gasteiger partial charge in [-0.15, -0.1) is 11.5 Å². The topological polar surface area (TPSA) is 20.2 Å². The van der Waals surface area contributed by atoms with Crippen LogP contribution >= 0.6 is 0 Å². The number of hydrogen-bond donors (Lipinski definition) is 1. The highest BCUT2D eigenvalue weighted by molar-refractivity contribution is 6.90. The predicted molar refractivity (Wildman–Crippen MR) is 91.4 cm³/mol. The maximum atomic E-state index is 10.5. The molecule has 0 bridgehead atoms. The molecule has 1 N–H and O–H groups in total. The Labute approximate surface area is 126 Å². The lowest BCUT2D eigenvalue weighted by molar-refractivity contribution is 0.0801. The third kappa shape index (κ3) is 3.77. The third-order valence-corrected chi connectivity index (χ3v) is 11.3. The summed E-state index contributed by atoms with van der Waals surface area (Å²) in [5, 5.41) is 10.5. The van der Waals surface area contributed by atoms with E-state index >= 15 is 0 Å². The van der Waals surface area contributed by atoms with Crippen LogP contribution in [0.3, 0.4) is 0 Å². The van der Waals surface area contributed by atoms with E-state index in [9.17, 15) is 5.11 Å². The Bertz CT molecular complexity index is 376. The van der Waals surface area contributed by atoms with Crippen LogP contribution in [-0.4, -0.2) is 18.8 Å². The van der Waals surface area contributed by atoms with Crippen LogP contribution < -0.4 is 0 Å². The molecule has 0 spiro atoms. The van der Waals surface area contributed by atoms with E-state index in [0.717, 1.165) is 19.3 Å². The van der Waals surface area contributed by atoms with E-state index in [2.05, 4.69) is 59.1 Å². The van der Waals surface area contributed by atoms with Crippen molar-refractivity contribution >= 4 is 8.07 Å². The summed E-state index contributed by atoms with van der Waals surface area (Å²) in [6.45, 7) is 14.0. The van der Waals surface area contributed by atoms with E-state index in [1.165, 1.54) is 0 Å². The minimum atomic E-state index is -1.64. The van der Waals surface area contributed by atoms with Gasteiger partial charge in [-0.2, -0.15) is 0 Å². The highest BCUT2D eigenvalue weighted by atomic mass is 28.3. The molecule has 20 heavy (non-hydrogen) atoms.